The maximum atomic E-state index is 2.35. The molecule has 2 aromatic rings. The van der Waals surface area contributed by atoms with Gasteiger partial charge < -0.3 is 0 Å². The summed E-state index contributed by atoms with van der Waals surface area (Å²) in [6.07, 6.45) is 7.07. The van der Waals surface area contributed by atoms with E-state index < -0.39 is 0 Å². The first kappa shape index (κ1) is 10.1. The number of allylic oxidation sites excluding steroid dienone is 4. The van der Waals surface area contributed by atoms with Gasteiger partial charge in [0.25, 0.3) is 0 Å². The molecule has 0 radical (unpaired) electrons. The third-order valence-corrected chi connectivity index (χ3v) is 4.26. The van der Waals surface area contributed by atoms with Crippen molar-refractivity contribution in [3.8, 4) is 0 Å². The lowest BCUT2D eigenvalue weighted by Gasteiger charge is -2.14. The van der Waals surface area contributed by atoms with Crippen LogP contribution in [0.1, 0.15) is 24.5 Å². The summed E-state index contributed by atoms with van der Waals surface area (Å²) < 4.78 is 0. The Morgan fingerprint density at radius 3 is 2.89 bits per heavy atom. The fourth-order valence-electron chi connectivity index (χ4n) is 3.38. The van der Waals surface area contributed by atoms with E-state index >= 15 is 0 Å². The molecule has 0 heteroatoms. The minimum absolute atomic E-state index is 0.698. The fourth-order valence-corrected chi connectivity index (χ4v) is 3.38. The molecule has 0 aliphatic heterocycles. The minimum atomic E-state index is 0.698. The lowest BCUT2D eigenvalue weighted by atomic mass is 9.91. The summed E-state index contributed by atoms with van der Waals surface area (Å²) in [6.45, 7) is 2.31. The average molecular weight is 232 g/mol. The molecule has 0 amide bonds. The first-order valence-electron chi connectivity index (χ1n) is 6.74. The van der Waals surface area contributed by atoms with Crippen molar-refractivity contribution < 1.29 is 0 Å². The van der Waals surface area contributed by atoms with E-state index in [1.807, 2.05) is 0 Å². The molecule has 2 aromatic carbocycles. The molecule has 0 N–H and O–H groups in total. The summed E-state index contributed by atoms with van der Waals surface area (Å²) in [5.41, 5.74) is 6.13. The Balaban J connectivity index is 1.95. The third kappa shape index (κ3) is 1.32. The normalized spacial score (nSPS) is 21.3. The Kier molecular flexibility index (Phi) is 2.02. The second kappa shape index (κ2) is 3.58. The molecule has 0 heterocycles. The second-order valence-corrected chi connectivity index (χ2v) is 5.55. The Labute approximate surface area is 108 Å². The van der Waals surface area contributed by atoms with Crippen LogP contribution >= 0.6 is 0 Å². The Hall–Kier alpha value is -1.82. The summed E-state index contributed by atoms with van der Waals surface area (Å²) in [5.74, 6) is 0.698. The van der Waals surface area contributed by atoms with Crippen LogP contribution < -0.4 is 0 Å². The predicted molar refractivity (Wildman–Crippen MR) is 77.5 cm³/mol. The second-order valence-electron chi connectivity index (χ2n) is 5.55. The molecule has 0 spiro atoms. The van der Waals surface area contributed by atoms with Crippen LogP contribution in [0.3, 0.4) is 0 Å². The molecule has 4 rings (SSSR count). The molecule has 1 atom stereocenters. The van der Waals surface area contributed by atoms with Crippen LogP contribution in [-0.4, -0.2) is 0 Å². The van der Waals surface area contributed by atoms with E-state index in [0.717, 1.165) is 6.42 Å². The van der Waals surface area contributed by atoms with Crippen LogP contribution in [0.15, 0.2) is 54.1 Å². The number of fused-ring (bicyclic) bond motifs is 4. The van der Waals surface area contributed by atoms with Gasteiger partial charge in [0.2, 0.25) is 0 Å². The van der Waals surface area contributed by atoms with Crippen LogP contribution in [0.2, 0.25) is 0 Å². The van der Waals surface area contributed by atoms with Crippen molar-refractivity contribution in [1.29, 1.82) is 0 Å². The molecule has 0 nitrogen and oxygen atoms in total. The zero-order valence-electron chi connectivity index (χ0n) is 10.6. The van der Waals surface area contributed by atoms with E-state index in [-0.39, 0.29) is 0 Å². The number of rotatable bonds is 0. The maximum Gasteiger partial charge on any atom is -0.00453 e. The minimum Gasteiger partial charge on any atom is -0.0808 e. The zero-order valence-corrected chi connectivity index (χ0v) is 10.6. The highest BCUT2D eigenvalue weighted by atomic mass is 14.3. The van der Waals surface area contributed by atoms with E-state index in [1.165, 1.54) is 33.9 Å². The molecular formula is C18H16. The first-order valence-corrected chi connectivity index (χ1v) is 6.74. The summed E-state index contributed by atoms with van der Waals surface area (Å²) in [7, 11) is 0. The van der Waals surface area contributed by atoms with Crippen LogP contribution in [0.4, 0.5) is 0 Å². The standard InChI is InChI=1S/C18H16/c1-12-6-8-16-14(10-12)11-18-15-5-3-2-4-13(15)7-9-17(16)18/h2-9,12H,10-11H2,1H3. The van der Waals surface area contributed by atoms with Crippen molar-refractivity contribution in [3.05, 3.63) is 65.3 Å². The Morgan fingerprint density at radius 2 is 1.94 bits per heavy atom. The van der Waals surface area contributed by atoms with Crippen LogP contribution in [0.5, 0.6) is 0 Å². The van der Waals surface area contributed by atoms with Gasteiger partial charge in [-0.05, 0) is 46.2 Å². The van der Waals surface area contributed by atoms with Gasteiger partial charge in [-0.2, -0.15) is 0 Å². The molecule has 2 aliphatic carbocycles. The smallest absolute Gasteiger partial charge is 0.00453 e. The average Bonchev–Trinajstić information content (AvgIpc) is 2.76. The van der Waals surface area contributed by atoms with Crippen molar-refractivity contribution in [2.45, 2.75) is 19.8 Å². The van der Waals surface area contributed by atoms with Gasteiger partial charge in [0, 0.05) is 0 Å². The highest BCUT2D eigenvalue weighted by Crippen LogP contribution is 2.42. The Bertz CT molecular complexity index is 701. The highest BCUT2D eigenvalue weighted by molar-refractivity contribution is 5.95. The predicted octanol–water partition coefficient (Wildman–Crippen LogP) is 4.75. The molecule has 0 saturated carbocycles. The summed E-state index contributed by atoms with van der Waals surface area (Å²) in [4.78, 5) is 0. The van der Waals surface area contributed by atoms with Crippen molar-refractivity contribution in [1.82, 2.24) is 0 Å². The molecule has 88 valence electrons. The van der Waals surface area contributed by atoms with Gasteiger partial charge in [-0.3, -0.25) is 0 Å². The third-order valence-electron chi connectivity index (χ3n) is 4.26. The fraction of sp³-hybridized carbons (Fsp3) is 0.222. The zero-order chi connectivity index (χ0) is 12.1. The molecule has 18 heavy (non-hydrogen) atoms. The maximum absolute atomic E-state index is 2.35. The van der Waals surface area contributed by atoms with E-state index in [4.69, 9.17) is 0 Å². The number of benzene rings is 2. The molecule has 0 aromatic heterocycles. The summed E-state index contributed by atoms with van der Waals surface area (Å²) >= 11 is 0. The van der Waals surface area contributed by atoms with E-state index in [0.29, 0.717) is 5.92 Å². The van der Waals surface area contributed by atoms with E-state index in [2.05, 4.69) is 55.5 Å². The molecule has 0 fully saturated rings. The van der Waals surface area contributed by atoms with Gasteiger partial charge in [-0.25, -0.2) is 0 Å². The quantitative estimate of drug-likeness (QED) is 0.615. The molecule has 1 unspecified atom stereocenters. The van der Waals surface area contributed by atoms with E-state index in [1.54, 1.807) is 5.57 Å². The largest absolute Gasteiger partial charge is 0.0808 e. The van der Waals surface area contributed by atoms with E-state index in [9.17, 15) is 0 Å². The van der Waals surface area contributed by atoms with Crippen molar-refractivity contribution in [3.63, 3.8) is 0 Å². The topological polar surface area (TPSA) is 0 Å². The van der Waals surface area contributed by atoms with Gasteiger partial charge in [-0.15, -0.1) is 0 Å². The van der Waals surface area contributed by atoms with Gasteiger partial charge in [0.05, 0.1) is 0 Å². The first-order chi connectivity index (χ1) is 8.83. The van der Waals surface area contributed by atoms with Gasteiger partial charge >= 0.3 is 0 Å². The molecule has 0 bridgehead atoms. The number of hydrogen-bond donors (Lipinski definition) is 0. The van der Waals surface area contributed by atoms with Gasteiger partial charge in [0.1, 0.15) is 0 Å². The van der Waals surface area contributed by atoms with Crippen LogP contribution in [0.25, 0.3) is 16.3 Å². The monoisotopic (exact) mass is 232 g/mol. The van der Waals surface area contributed by atoms with Crippen molar-refractivity contribution in [2.75, 3.05) is 0 Å². The highest BCUT2D eigenvalue weighted by Gasteiger charge is 2.24. The molecular weight excluding hydrogens is 216 g/mol. The lowest BCUT2D eigenvalue weighted by Crippen LogP contribution is -1.98. The summed E-state index contributed by atoms with van der Waals surface area (Å²) in [6, 6.07) is 13.3. The van der Waals surface area contributed by atoms with Crippen molar-refractivity contribution >= 4 is 16.3 Å². The number of hydrogen-bond acceptors (Lipinski definition) is 0. The lowest BCUT2D eigenvalue weighted by molar-refractivity contribution is 0.702. The molecule has 0 saturated heterocycles. The Morgan fingerprint density at radius 1 is 1.06 bits per heavy atom. The summed E-state index contributed by atoms with van der Waals surface area (Å²) in [5, 5.41) is 2.80. The van der Waals surface area contributed by atoms with Crippen LogP contribution in [0, 0.1) is 5.92 Å². The van der Waals surface area contributed by atoms with Gasteiger partial charge in [0.15, 0.2) is 0 Å². The SMILES string of the molecule is CC1C=CC2=C(Cc3c2ccc2ccccc32)C1. The van der Waals surface area contributed by atoms with Gasteiger partial charge in [-0.1, -0.05) is 61.0 Å². The van der Waals surface area contributed by atoms with Crippen LogP contribution in [-0.2, 0) is 6.42 Å². The molecule has 2 aliphatic rings. The van der Waals surface area contributed by atoms with Crippen molar-refractivity contribution in [2.24, 2.45) is 5.92 Å².